The van der Waals surface area contributed by atoms with Gasteiger partial charge in [-0.05, 0) is 0 Å². The molecular formula is H8K3Mg3O5P. The van der Waals surface area contributed by atoms with Gasteiger partial charge in [-0.1, -0.05) is 0 Å². The summed E-state index contributed by atoms with van der Waals surface area (Å²) in [5.74, 6) is 0. The molecule has 2 N–H and O–H groups in total. The standard InChI is InChI=1S/3K.3Mg.H3O4P.H2O.6H/c;;;;;;1-5(2,3)4;;;;;;;/h;;;;;;(H3,1,2,3,4);1H2;;;;;;/q3*+1;;;;;;;;;;;/p-3. The maximum absolute atomic E-state index is 8.55. The second-order valence-electron chi connectivity index (χ2n) is 0.447. The molecule has 0 rings (SSSR count). The molecule has 12 heavy (non-hydrogen) atoms. The predicted octanol–water partition coefficient (Wildman–Crippen LogP) is -15.4. The van der Waals surface area contributed by atoms with Gasteiger partial charge in [0.1, 0.15) is 0 Å². The average Bonchev–Trinajstić information content (AvgIpc) is 0.722. The van der Waals surface area contributed by atoms with Gasteiger partial charge < -0.3 is 24.7 Å². The molecular weight excluding hydrogens is 301 g/mol. The van der Waals surface area contributed by atoms with Crippen LogP contribution < -0.4 is 169 Å². The van der Waals surface area contributed by atoms with E-state index in [0.29, 0.717) is 0 Å². The molecule has 0 aromatic carbocycles. The number of hydrogen-bond acceptors (Lipinski definition) is 4. The second kappa shape index (κ2) is 30.9. The molecule has 0 saturated carbocycles. The largest absolute Gasteiger partial charge is 1.00 e. The van der Waals surface area contributed by atoms with E-state index in [1.165, 1.54) is 0 Å². The van der Waals surface area contributed by atoms with Crippen molar-refractivity contribution in [3.63, 3.8) is 0 Å². The third-order valence-electron chi connectivity index (χ3n) is 0. The molecule has 0 bridgehead atoms. The SMILES string of the molecule is O.O=P([O-])([O-])[O-].[K+].[K+].[K+].[MgH2].[MgH2].[MgH2]. The molecule has 0 saturated heterocycles. The first-order valence-corrected chi connectivity index (χ1v) is 2.19. The average molecular weight is 309 g/mol. The minimum absolute atomic E-state index is 0. The Labute approximate surface area is 247 Å². The van der Waals surface area contributed by atoms with Crippen LogP contribution in [0, 0.1) is 0 Å². The van der Waals surface area contributed by atoms with Crippen LogP contribution in [0.3, 0.4) is 0 Å². The Hall–Kier alpha value is 7.28. The van der Waals surface area contributed by atoms with Crippen LogP contribution in [0.5, 0.6) is 0 Å². The molecule has 0 aliphatic rings. The Bertz CT molecular complexity index is 68.1. The van der Waals surface area contributed by atoms with Gasteiger partial charge in [-0.15, -0.1) is 0 Å². The van der Waals surface area contributed by atoms with Gasteiger partial charge in [0.2, 0.25) is 0 Å². The summed E-state index contributed by atoms with van der Waals surface area (Å²) in [5.41, 5.74) is 0. The van der Waals surface area contributed by atoms with Gasteiger partial charge in [0, 0.05) is 0 Å². The maximum Gasteiger partial charge on any atom is 1.00 e. The molecule has 52 valence electrons. The Morgan fingerprint density at radius 2 is 0.750 bits per heavy atom. The van der Waals surface area contributed by atoms with Gasteiger partial charge in [-0.3, -0.25) is 0 Å². The monoisotopic (exact) mass is 308 g/mol. The van der Waals surface area contributed by atoms with Crippen molar-refractivity contribution in [2.75, 3.05) is 0 Å². The Morgan fingerprint density at radius 1 is 0.750 bits per heavy atom. The van der Waals surface area contributed by atoms with E-state index in [2.05, 4.69) is 0 Å². The summed E-state index contributed by atoms with van der Waals surface area (Å²) in [7, 11) is -5.39. The van der Waals surface area contributed by atoms with E-state index in [-0.39, 0.29) is 229 Å². The quantitative estimate of drug-likeness (QED) is 0.326. The fourth-order valence-corrected chi connectivity index (χ4v) is 0. The van der Waals surface area contributed by atoms with E-state index < -0.39 is 7.82 Å². The van der Waals surface area contributed by atoms with Gasteiger partial charge in [0.05, 0.1) is 0 Å². The van der Waals surface area contributed by atoms with E-state index >= 15 is 0 Å². The van der Waals surface area contributed by atoms with E-state index in [1.54, 1.807) is 0 Å². The first kappa shape index (κ1) is 50.6. The second-order valence-corrected chi connectivity index (χ2v) is 1.34. The van der Waals surface area contributed by atoms with Crippen molar-refractivity contribution in [2.45, 2.75) is 0 Å². The molecule has 0 aliphatic heterocycles. The minimum atomic E-state index is -5.39. The molecule has 0 aromatic heterocycles. The zero-order chi connectivity index (χ0) is 4.50. The van der Waals surface area contributed by atoms with Crippen molar-refractivity contribution in [1.29, 1.82) is 0 Å². The molecule has 0 spiro atoms. The van der Waals surface area contributed by atoms with E-state index in [1.807, 2.05) is 0 Å². The van der Waals surface area contributed by atoms with Crippen LogP contribution >= 0.6 is 7.82 Å². The van der Waals surface area contributed by atoms with Crippen LogP contribution in [0.4, 0.5) is 0 Å². The summed E-state index contributed by atoms with van der Waals surface area (Å²) in [4.78, 5) is 25.6. The molecule has 0 radical (unpaired) electrons. The summed E-state index contributed by atoms with van der Waals surface area (Å²) in [6.07, 6.45) is 0. The smallest absolute Gasteiger partial charge is 0.822 e. The van der Waals surface area contributed by atoms with Crippen LogP contribution in [0.1, 0.15) is 0 Å². The number of phosphoric acid groups is 1. The van der Waals surface area contributed by atoms with Crippen molar-refractivity contribution < 1.29 is 179 Å². The Balaban J connectivity index is -0.00000000381. The zero-order valence-corrected chi connectivity index (χ0v) is 15.8. The topological polar surface area (TPSA) is 118 Å². The molecule has 0 amide bonds. The summed E-state index contributed by atoms with van der Waals surface area (Å²) < 4.78 is 8.55. The van der Waals surface area contributed by atoms with Crippen molar-refractivity contribution in [1.82, 2.24) is 0 Å². The molecule has 0 heterocycles. The molecule has 0 fully saturated rings. The predicted molar refractivity (Wildman–Crippen MR) is 36.9 cm³/mol. The van der Waals surface area contributed by atoms with Crippen molar-refractivity contribution in [2.24, 2.45) is 0 Å². The summed E-state index contributed by atoms with van der Waals surface area (Å²) in [6, 6.07) is 0. The van der Waals surface area contributed by atoms with Gasteiger partial charge in [0.25, 0.3) is 0 Å². The maximum atomic E-state index is 8.55. The summed E-state index contributed by atoms with van der Waals surface area (Å²) in [6.45, 7) is 0. The van der Waals surface area contributed by atoms with Crippen molar-refractivity contribution in [3.05, 3.63) is 0 Å². The van der Waals surface area contributed by atoms with Gasteiger partial charge in [-0.2, -0.15) is 7.82 Å². The fourth-order valence-electron chi connectivity index (χ4n) is 0. The van der Waals surface area contributed by atoms with Gasteiger partial charge in [-0.25, -0.2) is 0 Å². The Kier molecular flexibility index (Phi) is 131. The van der Waals surface area contributed by atoms with Gasteiger partial charge >= 0.3 is 223 Å². The van der Waals surface area contributed by atoms with Gasteiger partial charge in [0.15, 0.2) is 0 Å². The number of rotatable bonds is 0. The number of hydrogen-bond donors (Lipinski definition) is 0. The first-order valence-electron chi connectivity index (χ1n) is 0.730. The van der Waals surface area contributed by atoms with E-state index in [0.717, 1.165) is 0 Å². The van der Waals surface area contributed by atoms with E-state index in [9.17, 15) is 0 Å². The van der Waals surface area contributed by atoms with Crippen LogP contribution in [0.15, 0.2) is 0 Å². The van der Waals surface area contributed by atoms with E-state index in [4.69, 9.17) is 19.2 Å². The first-order chi connectivity index (χ1) is 2.00. The fraction of sp³-hybridized carbons (Fsp3) is 0. The molecule has 0 unspecified atom stereocenters. The summed E-state index contributed by atoms with van der Waals surface area (Å²) >= 11 is 0. The zero-order valence-electron chi connectivity index (χ0n) is 5.58. The summed E-state index contributed by atoms with van der Waals surface area (Å²) in [5, 5.41) is 0. The minimum Gasteiger partial charge on any atom is -0.822 e. The van der Waals surface area contributed by atoms with Crippen molar-refractivity contribution in [3.8, 4) is 0 Å². The third-order valence-corrected chi connectivity index (χ3v) is 0. The van der Waals surface area contributed by atoms with Crippen LogP contribution in [-0.2, 0) is 4.57 Å². The van der Waals surface area contributed by atoms with Crippen LogP contribution in [-0.4, -0.2) is 74.6 Å². The van der Waals surface area contributed by atoms with Crippen molar-refractivity contribution >= 4 is 77.0 Å². The van der Waals surface area contributed by atoms with Crippen LogP contribution in [0.25, 0.3) is 0 Å². The molecule has 12 heteroatoms. The normalized spacial score (nSPS) is 4.92. The molecule has 0 atom stereocenters. The molecule has 0 aromatic rings. The molecule has 0 aliphatic carbocycles. The molecule has 5 nitrogen and oxygen atoms in total. The van der Waals surface area contributed by atoms with Crippen LogP contribution in [0.2, 0.25) is 0 Å². The third kappa shape index (κ3) is 86.4. The Morgan fingerprint density at radius 3 is 0.750 bits per heavy atom.